The zero-order valence-electron chi connectivity index (χ0n) is 26.9. The maximum atomic E-state index is 10.6. The van der Waals surface area contributed by atoms with E-state index in [0.717, 1.165) is 65.1 Å². The Bertz CT molecular complexity index is 1800. The van der Waals surface area contributed by atoms with Gasteiger partial charge in [-0.1, -0.05) is 12.1 Å². The van der Waals surface area contributed by atoms with E-state index in [1.54, 1.807) is 21.0 Å². The van der Waals surface area contributed by atoms with Crippen LogP contribution in [0.2, 0.25) is 0 Å². The predicted molar refractivity (Wildman–Crippen MR) is 182 cm³/mol. The lowest BCUT2D eigenvalue weighted by molar-refractivity contribution is 0.0740. The summed E-state index contributed by atoms with van der Waals surface area (Å²) in [5.41, 5.74) is 4.35. The number of nitrogens with zero attached hydrogens (tertiary/aromatic N) is 6. The molecule has 0 saturated carbocycles. The fourth-order valence-corrected chi connectivity index (χ4v) is 5.93. The minimum atomic E-state index is -1.08. The van der Waals surface area contributed by atoms with E-state index in [9.17, 15) is 5.11 Å². The van der Waals surface area contributed by atoms with Crippen molar-refractivity contribution in [1.82, 2.24) is 24.4 Å². The topological polar surface area (TPSA) is 104 Å². The lowest BCUT2D eigenvalue weighted by Crippen LogP contribution is -2.42. The predicted octanol–water partition coefficient (Wildman–Crippen LogP) is 6.28. The number of pyridine rings is 1. The van der Waals surface area contributed by atoms with E-state index in [4.69, 9.17) is 14.7 Å². The van der Waals surface area contributed by atoms with Gasteiger partial charge in [0.2, 0.25) is 5.95 Å². The van der Waals surface area contributed by atoms with Crippen molar-refractivity contribution < 1.29 is 9.84 Å². The number of rotatable bonds is 9. The van der Waals surface area contributed by atoms with Crippen molar-refractivity contribution in [3.63, 3.8) is 0 Å². The van der Waals surface area contributed by atoms with Crippen molar-refractivity contribution in [3.05, 3.63) is 78.8 Å². The Kier molecular flexibility index (Phi) is 8.35. The summed E-state index contributed by atoms with van der Waals surface area (Å²) < 4.78 is 7.93. The second-order valence-corrected chi connectivity index (χ2v) is 12.4. The quantitative estimate of drug-likeness (QED) is 0.179. The molecule has 1 aliphatic rings. The van der Waals surface area contributed by atoms with E-state index in [1.165, 1.54) is 0 Å². The molecule has 0 amide bonds. The number of aliphatic hydroxyl groups is 1. The van der Waals surface area contributed by atoms with Gasteiger partial charge >= 0.3 is 0 Å². The van der Waals surface area contributed by atoms with Crippen LogP contribution in [-0.4, -0.2) is 69.9 Å². The molecule has 0 radical (unpaired) electrons. The highest BCUT2D eigenvalue weighted by Crippen LogP contribution is 2.36. The van der Waals surface area contributed by atoms with Gasteiger partial charge in [0, 0.05) is 66.8 Å². The highest BCUT2D eigenvalue weighted by molar-refractivity contribution is 5.88. The summed E-state index contributed by atoms with van der Waals surface area (Å²) in [5, 5.41) is 18.5. The van der Waals surface area contributed by atoms with E-state index in [-0.39, 0.29) is 0 Å². The van der Waals surface area contributed by atoms with Crippen LogP contribution in [0.3, 0.4) is 0 Å². The molecule has 1 saturated heterocycles. The van der Waals surface area contributed by atoms with Gasteiger partial charge < -0.3 is 34.8 Å². The highest BCUT2D eigenvalue weighted by Gasteiger charge is 2.23. The molecule has 10 heteroatoms. The lowest BCUT2D eigenvalue weighted by atomic mass is 10.0. The number of aromatic nitrogens is 4. The summed E-state index contributed by atoms with van der Waals surface area (Å²) >= 11 is 0. The second-order valence-electron chi connectivity index (χ2n) is 12.4. The first-order chi connectivity index (χ1) is 21.6. The normalized spacial score (nSPS) is 14.3. The number of benzene rings is 2. The molecular formula is C35H42N8O2. The van der Waals surface area contributed by atoms with Crippen LogP contribution in [0.15, 0.2) is 73.1 Å². The van der Waals surface area contributed by atoms with Gasteiger partial charge in [-0.3, -0.25) is 0 Å². The standard InChI is InChI=1S/C35H42N8O2/c1-35(2,44)31-8-7-9-32(38-31)39-33-27(23-10-12-28-24(20-23)14-17-42(28)5)22-36-34(40-33)37-25-11-13-29(30(21-25)45-6)43-18-15-26(16-19-43)41(3)4/h7-14,17,20-22,26,44H,15-16,18-19H2,1-6H3,(H2,36,37,38,39,40). The molecule has 0 bridgehead atoms. The van der Waals surface area contributed by atoms with Crippen molar-refractivity contribution in [1.29, 1.82) is 0 Å². The van der Waals surface area contributed by atoms with Crippen LogP contribution < -0.4 is 20.3 Å². The molecule has 6 rings (SSSR count). The number of ether oxygens (including phenoxy) is 1. The van der Waals surface area contributed by atoms with E-state index >= 15 is 0 Å². The van der Waals surface area contributed by atoms with Crippen molar-refractivity contribution in [2.45, 2.75) is 38.3 Å². The second kappa shape index (κ2) is 12.4. The summed E-state index contributed by atoms with van der Waals surface area (Å²) in [6.07, 6.45) is 6.12. The minimum absolute atomic E-state index is 0.433. The largest absolute Gasteiger partial charge is 0.495 e. The molecule has 3 aromatic heterocycles. The molecule has 4 heterocycles. The van der Waals surface area contributed by atoms with E-state index in [2.05, 4.69) is 80.6 Å². The SMILES string of the molecule is COc1cc(Nc2ncc(-c3ccc4c(ccn4C)c3)c(Nc3cccc(C(C)(C)O)n3)n2)ccc1N1CCC(N(C)C)CC1. The maximum Gasteiger partial charge on any atom is 0.229 e. The fourth-order valence-electron chi connectivity index (χ4n) is 5.93. The van der Waals surface area contributed by atoms with E-state index in [0.29, 0.717) is 29.3 Å². The van der Waals surface area contributed by atoms with Crippen molar-refractivity contribution in [2.75, 3.05) is 49.8 Å². The number of methoxy groups -OCH3 is 1. The third-order valence-electron chi connectivity index (χ3n) is 8.58. The number of fused-ring (bicyclic) bond motifs is 1. The van der Waals surface area contributed by atoms with Crippen LogP contribution in [0, 0.1) is 0 Å². The summed E-state index contributed by atoms with van der Waals surface area (Å²) in [4.78, 5) is 19.0. The molecule has 5 aromatic rings. The van der Waals surface area contributed by atoms with Crippen LogP contribution in [0.25, 0.3) is 22.0 Å². The van der Waals surface area contributed by atoms with E-state index in [1.807, 2.05) is 43.6 Å². The first-order valence-corrected chi connectivity index (χ1v) is 15.3. The number of aryl methyl sites for hydroxylation is 1. The van der Waals surface area contributed by atoms with Crippen molar-refractivity contribution >= 4 is 39.9 Å². The molecule has 2 aromatic carbocycles. The number of hydrogen-bond acceptors (Lipinski definition) is 9. The molecule has 1 fully saturated rings. The summed E-state index contributed by atoms with van der Waals surface area (Å²) in [5.74, 6) is 2.41. The van der Waals surface area contributed by atoms with Gasteiger partial charge in [0.15, 0.2) is 0 Å². The first kappa shape index (κ1) is 30.4. The zero-order chi connectivity index (χ0) is 31.7. The number of nitrogens with one attached hydrogen (secondary N) is 2. The summed E-state index contributed by atoms with van der Waals surface area (Å²) in [7, 11) is 8.06. The summed E-state index contributed by atoms with van der Waals surface area (Å²) in [6.45, 7) is 5.42. The molecule has 3 N–H and O–H groups in total. The molecule has 0 atom stereocenters. The van der Waals surface area contributed by atoms with Crippen molar-refractivity contribution in [3.8, 4) is 16.9 Å². The van der Waals surface area contributed by atoms with E-state index < -0.39 is 5.60 Å². The molecule has 0 aliphatic carbocycles. The van der Waals surface area contributed by atoms with Crippen molar-refractivity contribution in [2.24, 2.45) is 7.05 Å². The Balaban J connectivity index is 1.31. The van der Waals surface area contributed by atoms with Gasteiger partial charge in [-0.15, -0.1) is 0 Å². The maximum absolute atomic E-state index is 10.6. The molecule has 45 heavy (non-hydrogen) atoms. The minimum Gasteiger partial charge on any atom is -0.495 e. The molecular weight excluding hydrogens is 564 g/mol. The van der Waals surface area contributed by atoms with Gasteiger partial charge in [-0.2, -0.15) is 4.98 Å². The Hall–Kier alpha value is -4.67. The first-order valence-electron chi connectivity index (χ1n) is 15.3. The zero-order valence-corrected chi connectivity index (χ0v) is 26.9. The van der Waals surface area contributed by atoms with Gasteiger partial charge in [0.1, 0.15) is 23.0 Å². The van der Waals surface area contributed by atoms with Crippen LogP contribution in [0.5, 0.6) is 5.75 Å². The smallest absolute Gasteiger partial charge is 0.229 e. The highest BCUT2D eigenvalue weighted by atomic mass is 16.5. The Labute approximate surface area is 264 Å². The van der Waals surface area contributed by atoms with Crippen LogP contribution in [0.1, 0.15) is 32.4 Å². The Morgan fingerprint density at radius 2 is 1.78 bits per heavy atom. The fraction of sp³-hybridized carbons (Fsp3) is 0.343. The molecule has 1 aliphatic heterocycles. The van der Waals surface area contributed by atoms with Gasteiger partial charge in [0.25, 0.3) is 0 Å². The van der Waals surface area contributed by atoms with Gasteiger partial charge in [0.05, 0.1) is 18.5 Å². The van der Waals surface area contributed by atoms with Crippen LogP contribution in [0.4, 0.5) is 29.0 Å². The monoisotopic (exact) mass is 606 g/mol. The average molecular weight is 607 g/mol. The molecule has 0 spiro atoms. The third-order valence-corrected chi connectivity index (χ3v) is 8.58. The molecule has 0 unspecified atom stereocenters. The number of anilines is 5. The Morgan fingerprint density at radius 3 is 2.51 bits per heavy atom. The molecule has 10 nitrogen and oxygen atoms in total. The Morgan fingerprint density at radius 1 is 0.978 bits per heavy atom. The summed E-state index contributed by atoms with van der Waals surface area (Å²) in [6, 6.07) is 20.7. The van der Waals surface area contributed by atoms with Gasteiger partial charge in [-0.25, -0.2) is 9.97 Å². The number of piperidine rings is 1. The van der Waals surface area contributed by atoms with Gasteiger partial charge in [-0.05, 0) is 88.8 Å². The van der Waals surface area contributed by atoms with Crippen LogP contribution in [-0.2, 0) is 12.6 Å². The number of hydrogen-bond donors (Lipinski definition) is 3. The third kappa shape index (κ3) is 6.57. The average Bonchev–Trinajstić information content (AvgIpc) is 3.40. The van der Waals surface area contributed by atoms with Crippen LogP contribution >= 0.6 is 0 Å². The lowest BCUT2D eigenvalue weighted by Gasteiger charge is -2.37. The molecule has 234 valence electrons.